The molecule has 0 radical (unpaired) electrons. The van der Waals surface area contributed by atoms with Gasteiger partial charge in [0, 0.05) is 17.8 Å². The number of aromatic nitrogens is 5. The zero-order valence-electron chi connectivity index (χ0n) is 16.1. The molecule has 4 N–H and O–H groups in total. The van der Waals surface area contributed by atoms with E-state index in [1.807, 2.05) is 6.92 Å². The second-order valence-corrected chi connectivity index (χ2v) is 7.49. The number of fused-ring (bicyclic) bond motifs is 2. The SMILES string of the molecule is Cc1cc2cc(CNc3ncnc4c3ncn4[C@@H]3O[C@H](C)[C@@H](O)[C@H]3O)ccc2[nH]1. The first kappa shape index (κ1) is 18.0. The molecule has 4 heterocycles. The van der Waals surface area contributed by atoms with E-state index in [4.69, 9.17) is 4.74 Å². The number of aliphatic hydroxyl groups is 2. The minimum absolute atomic E-state index is 0.473. The van der Waals surface area contributed by atoms with Gasteiger partial charge in [-0.2, -0.15) is 0 Å². The second-order valence-electron chi connectivity index (χ2n) is 7.49. The lowest BCUT2D eigenvalue weighted by atomic mass is 10.1. The van der Waals surface area contributed by atoms with Gasteiger partial charge in [0.1, 0.15) is 18.5 Å². The Morgan fingerprint density at radius 1 is 1.17 bits per heavy atom. The zero-order chi connectivity index (χ0) is 20.1. The second kappa shape index (κ2) is 6.80. The van der Waals surface area contributed by atoms with Crippen molar-refractivity contribution >= 4 is 27.9 Å². The molecule has 0 spiro atoms. The Bertz CT molecular complexity index is 1190. The summed E-state index contributed by atoms with van der Waals surface area (Å²) in [6.07, 6.45) is -0.222. The van der Waals surface area contributed by atoms with Gasteiger partial charge in [-0.1, -0.05) is 6.07 Å². The van der Waals surface area contributed by atoms with Gasteiger partial charge in [-0.3, -0.25) is 4.57 Å². The Kier molecular flexibility index (Phi) is 4.23. The molecule has 4 atom stereocenters. The van der Waals surface area contributed by atoms with Crippen LogP contribution in [-0.2, 0) is 11.3 Å². The number of ether oxygens (including phenoxy) is 1. The largest absolute Gasteiger partial charge is 0.388 e. The Morgan fingerprint density at radius 3 is 2.83 bits per heavy atom. The van der Waals surface area contributed by atoms with E-state index in [-0.39, 0.29) is 0 Å². The average Bonchev–Trinajstić information content (AvgIpc) is 3.37. The number of nitrogens with one attached hydrogen (secondary N) is 2. The summed E-state index contributed by atoms with van der Waals surface area (Å²) < 4.78 is 7.32. The summed E-state index contributed by atoms with van der Waals surface area (Å²) in [4.78, 5) is 16.4. The molecule has 0 saturated carbocycles. The summed E-state index contributed by atoms with van der Waals surface area (Å²) in [5.74, 6) is 0.597. The number of hydrogen-bond acceptors (Lipinski definition) is 7. The molecule has 1 saturated heterocycles. The highest BCUT2D eigenvalue weighted by atomic mass is 16.6. The summed E-state index contributed by atoms with van der Waals surface area (Å²) in [7, 11) is 0. The molecule has 29 heavy (non-hydrogen) atoms. The predicted molar refractivity (Wildman–Crippen MR) is 107 cm³/mol. The third-order valence-electron chi connectivity index (χ3n) is 5.39. The van der Waals surface area contributed by atoms with Crippen molar-refractivity contribution in [2.24, 2.45) is 0 Å². The molecule has 0 amide bonds. The van der Waals surface area contributed by atoms with Crippen molar-refractivity contribution in [2.75, 3.05) is 5.32 Å². The van der Waals surface area contributed by atoms with Crippen LogP contribution in [0.3, 0.4) is 0 Å². The van der Waals surface area contributed by atoms with Gasteiger partial charge in [-0.05, 0) is 43.0 Å². The van der Waals surface area contributed by atoms with Gasteiger partial charge in [0.25, 0.3) is 0 Å². The summed E-state index contributed by atoms with van der Waals surface area (Å²) in [6.45, 7) is 4.34. The molecule has 9 heteroatoms. The fraction of sp³-hybridized carbons (Fsp3) is 0.350. The molecule has 5 rings (SSSR count). The third kappa shape index (κ3) is 3.03. The molecule has 3 aromatic heterocycles. The fourth-order valence-corrected chi connectivity index (χ4v) is 3.85. The average molecular weight is 394 g/mol. The van der Waals surface area contributed by atoms with Crippen molar-refractivity contribution in [3.05, 3.63) is 48.2 Å². The lowest BCUT2D eigenvalue weighted by molar-refractivity contribution is -0.0299. The first-order valence-corrected chi connectivity index (χ1v) is 9.52. The molecule has 0 bridgehead atoms. The number of aryl methyl sites for hydroxylation is 1. The van der Waals surface area contributed by atoms with E-state index in [0.29, 0.717) is 23.5 Å². The summed E-state index contributed by atoms with van der Waals surface area (Å²) in [5.41, 5.74) is 4.47. The van der Waals surface area contributed by atoms with Crippen LogP contribution in [0.2, 0.25) is 0 Å². The van der Waals surface area contributed by atoms with Crippen molar-refractivity contribution in [3.63, 3.8) is 0 Å². The van der Waals surface area contributed by atoms with E-state index in [1.165, 1.54) is 11.7 Å². The highest BCUT2D eigenvalue weighted by Crippen LogP contribution is 2.32. The quantitative estimate of drug-likeness (QED) is 0.417. The van der Waals surface area contributed by atoms with Gasteiger partial charge in [-0.25, -0.2) is 15.0 Å². The Hall–Kier alpha value is -3.01. The van der Waals surface area contributed by atoms with Crippen LogP contribution in [0.15, 0.2) is 36.9 Å². The minimum Gasteiger partial charge on any atom is -0.388 e. The Labute approximate surface area is 166 Å². The summed E-state index contributed by atoms with van der Waals surface area (Å²) in [6, 6.07) is 8.38. The number of benzene rings is 1. The molecule has 1 fully saturated rings. The normalized spacial score (nSPS) is 24.6. The van der Waals surface area contributed by atoms with Crippen LogP contribution in [0.1, 0.15) is 24.4 Å². The van der Waals surface area contributed by atoms with Gasteiger partial charge >= 0.3 is 0 Å². The van der Waals surface area contributed by atoms with Crippen LogP contribution >= 0.6 is 0 Å². The smallest absolute Gasteiger partial charge is 0.167 e. The number of aliphatic hydroxyl groups excluding tert-OH is 2. The van der Waals surface area contributed by atoms with Crippen LogP contribution in [0.4, 0.5) is 5.82 Å². The van der Waals surface area contributed by atoms with Crippen LogP contribution < -0.4 is 5.32 Å². The number of imidazole rings is 1. The molecule has 1 aliphatic rings. The highest BCUT2D eigenvalue weighted by Gasteiger charge is 2.42. The summed E-state index contributed by atoms with van der Waals surface area (Å²) in [5, 5.41) is 24.8. The maximum absolute atomic E-state index is 10.3. The molecule has 9 nitrogen and oxygen atoms in total. The van der Waals surface area contributed by atoms with E-state index in [9.17, 15) is 10.2 Å². The molecular formula is C20H22N6O3. The third-order valence-corrected chi connectivity index (χ3v) is 5.39. The maximum atomic E-state index is 10.3. The number of hydrogen-bond donors (Lipinski definition) is 4. The molecule has 0 aliphatic carbocycles. The van der Waals surface area contributed by atoms with E-state index in [0.717, 1.165) is 16.8 Å². The Morgan fingerprint density at radius 2 is 2.03 bits per heavy atom. The molecule has 0 unspecified atom stereocenters. The van der Waals surface area contributed by atoms with Gasteiger partial charge in [0.2, 0.25) is 0 Å². The lowest BCUT2D eigenvalue weighted by Crippen LogP contribution is -2.30. The topological polar surface area (TPSA) is 121 Å². The van der Waals surface area contributed by atoms with Crippen molar-refractivity contribution in [1.29, 1.82) is 0 Å². The predicted octanol–water partition coefficient (Wildman–Crippen LogP) is 1.87. The monoisotopic (exact) mass is 394 g/mol. The minimum atomic E-state index is -1.05. The molecule has 1 aromatic carbocycles. The van der Waals surface area contributed by atoms with Crippen molar-refractivity contribution < 1.29 is 14.9 Å². The molecular weight excluding hydrogens is 372 g/mol. The molecule has 150 valence electrons. The van der Waals surface area contributed by atoms with E-state index in [2.05, 4.69) is 49.5 Å². The van der Waals surface area contributed by atoms with Gasteiger partial charge < -0.3 is 25.3 Å². The lowest BCUT2D eigenvalue weighted by Gasteiger charge is -2.16. The van der Waals surface area contributed by atoms with E-state index >= 15 is 0 Å². The van der Waals surface area contributed by atoms with Crippen molar-refractivity contribution in [3.8, 4) is 0 Å². The van der Waals surface area contributed by atoms with Crippen LogP contribution in [0.5, 0.6) is 0 Å². The zero-order valence-corrected chi connectivity index (χ0v) is 16.1. The standard InChI is InChI=1S/C20H22N6O3/c1-10-5-13-6-12(3-4-14(13)25-10)7-21-18-15-19(23-8-22-18)26(9-24-15)20-17(28)16(27)11(2)29-20/h3-6,8-9,11,16-17,20,25,27-28H,7H2,1-2H3,(H,21,22,23)/t11-,16-,17-,20-/m1/s1. The van der Waals surface area contributed by atoms with Gasteiger partial charge in [0.15, 0.2) is 23.2 Å². The number of anilines is 1. The van der Waals surface area contributed by atoms with Gasteiger partial charge in [-0.15, -0.1) is 0 Å². The number of rotatable bonds is 4. The maximum Gasteiger partial charge on any atom is 0.167 e. The van der Waals surface area contributed by atoms with Crippen molar-refractivity contribution in [2.45, 2.75) is 44.9 Å². The first-order chi connectivity index (χ1) is 14.0. The number of aromatic amines is 1. The number of H-pyrrole nitrogens is 1. The van der Waals surface area contributed by atoms with Crippen LogP contribution in [0.25, 0.3) is 22.1 Å². The molecule has 4 aromatic rings. The summed E-state index contributed by atoms with van der Waals surface area (Å²) >= 11 is 0. The Balaban J connectivity index is 1.41. The first-order valence-electron chi connectivity index (χ1n) is 9.52. The van der Waals surface area contributed by atoms with Crippen LogP contribution in [0, 0.1) is 6.92 Å². The van der Waals surface area contributed by atoms with E-state index < -0.39 is 24.5 Å². The fourth-order valence-electron chi connectivity index (χ4n) is 3.85. The van der Waals surface area contributed by atoms with Crippen molar-refractivity contribution in [1.82, 2.24) is 24.5 Å². The highest BCUT2D eigenvalue weighted by molar-refractivity contribution is 5.83. The van der Waals surface area contributed by atoms with E-state index in [1.54, 1.807) is 17.8 Å². The number of nitrogens with zero attached hydrogens (tertiary/aromatic N) is 4. The van der Waals surface area contributed by atoms with Gasteiger partial charge in [0.05, 0.1) is 12.4 Å². The van der Waals surface area contributed by atoms with Crippen LogP contribution in [-0.4, -0.2) is 53.0 Å². The molecule has 1 aliphatic heterocycles.